The van der Waals surface area contributed by atoms with Crippen LogP contribution in [0.4, 0.5) is 18.9 Å². The molecule has 106 valence electrons. The second-order valence-electron chi connectivity index (χ2n) is 4.94. The lowest BCUT2D eigenvalue weighted by Gasteiger charge is -2.17. The number of likely N-dealkylation sites (N-methyl/N-ethyl adjacent to an activating group) is 1. The third-order valence-electron chi connectivity index (χ3n) is 3.71. The van der Waals surface area contributed by atoms with Crippen molar-refractivity contribution in [2.75, 3.05) is 24.5 Å². The van der Waals surface area contributed by atoms with Gasteiger partial charge in [0.25, 0.3) is 0 Å². The lowest BCUT2D eigenvalue weighted by molar-refractivity contribution is -0.137. The molecule has 1 aliphatic rings. The van der Waals surface area contributed by atoms with E-state index < -0.39 is 11.7 Å². The highest BCUT2D eigenvalue weighted by atomic mass is 19.4. The Labute approximate surface area is 111 Å². The van der Waals surface area contributed by atoms with Gasteiger partial charge in [0.1, 0.15) is 0 Å². The average Bonchev–Trinajstić information content (AvgIpc) is 2.72. The zero-order valence-electron chi connectivity index (χ0n) is 11.0. The second-order valence-corrected chi connectivity index (χ2v) is 4.94. The van der Waals surface area contributed by atoms with Crippen molar-refractivity contribution in [1.82, 2.24) is 0 Å². The first-order chi connectivity index (χ1) is 8.97. The summed E-state index contributed by atoms with van der Waals surface area (Å²) >= 11 is 0. The molecule has 2 rings (SSSR count). The first-order valence-corrected chi connectivity index (χ1v) is 6.63. The van der Waals surface area contributed by atoms with Crippen LogP contribution in [0.3, 0.4) is 0 Å². The van der Waals surface area contributed by atoms with E-state index in [1.54, 1.807) is 6.07 Å². The van der Waals surface area contributed by atoms with Crippen LogP contribution in [0.25, 0.3) is 0 Å². The molecule has 1 heterocycles. The Morgan fingerprint density at radius 1 is 1.37 bits per heavy atom. The first kappa shape index (κ1) is 14.2. The molecular weight excluding hydrogens is 253 g/mol. The molecule has 1 atom stereocenters. The Kier molecular flexibility index (Phi) is 4.04. The molecule has 1 unspecified atom stereocenters. The molecule has 0 bridgehead atoms. The molecule has 0 aliphatic carbocycles. The Bertz CT molecular complexity index is 443. The number of benzene rings is 1. The van der Waals surface area contributed by atoms with E-state index in [0.29, 0.717) is 6.54 Å². The fourth-order valence-electron chi connectivity index (χ4n) is 2.72. The molecule has 19 heavy (non-hydrogen) atoms. The summed E-state index contributed by atoms with van der Waals surface area (Å²) in [6.45, 7) is 4.22. The first-order valence-electron chi connectivity index (χ1n) is 6.63. The Morgan fingerprint density at radius 3 is 2.68 bits per heavy atom. The monoisotopic (exact) mass is 272 g/mol. The molecule has 0 spiro atoms. The van der Waals surface area contributed by atoms with E-state index in [-0.39, 0.29) is 5.92 Å². The van der Waals surface area contributed by atoms with Gasteiger partial charge in [0.05, 0.1) is 5.56 Å². The van der Waals surface area contributed by atoms with Gasteiger partial charge >= 0.3 is 6.18 Å². The van der Waals surface area contributed by atoms with E-state index in [0.717, 1.165) is 37.2 Å². The number of hydrogen-bond donors (Lipinski definition) is 1. The van der Waals surface area contributed by atoms with Crippen molar-refractivity contribution >= 4 is 5.69 Å². The minimum absolute atomic E-state index is 0.167. The highest BCUT2D eigenvalue weighted by Gasteiger charge is 2.34. The van der Waals surface area contributed by atoms with Crippen molar-refractivity contribution in [2.24, 2.45) is 5.73 Å². The minimum Gasteiger partial charge on any atom is -0.371 e. The van der Waals surface area contributed by atoms with Crippen molar-refractivity contribution in [1.29, 1.82) is 0 Å². The zero-order chi connectivity index (χ0) is 14.0. The summed E-state index contributed by atoms with van der Waals surface area (Å²) in [5, 5.41) is 0. The van der Waals surface area contributed by atoms with Gasteiger partial charge in [-0.25, -0.2) is 0 Å². The topological polar surface area (TPSA) is 29.3 Å². The largest absolute Gasteiger partial charge is 0.416 e. The van der Waals surface area contributed by atoms with Crippen molar-refractivity contribution in [2.45, 2.75) is 31.9 Å². The summed E-state index contributed by atoms with van der Waals surface area (Å²) < 4.78 is 38.3. The summed E-state index contributed by atoms with van der Waals surface area (Å²) in [6, 6.07) is 4.09. The second kappa shape index (κ2) is 5.41. The van der Waals surface area contributed by atoms with E-state index in [4.69, 9.17) is 5.73 Å². The Balaban J connectivity index is 2.33. The molecule has 0 saturated carbocycles. The maximum absolute atomic E-state index is 12.8. The number of alkyl halides is 3. The SMILES string of the molecule is CCN1CC(CCCN)c2cc(C(F)(F)F)ccc21. The van der Waals surface area contributed by atoms with Crippen LogP contribution in [-0.4, -0.2) is 19.6 Å². The lowest BCUT2D eigenvalue weighted by atomic mass is 9.95. The number of rotatable bonds is 4. The molecule has 2 nitrogen and oxygen atoms in total. The number of nitrogens with zero attached hydrogens (tertiary/aromatic N) is 1. The Morgan fingerprint density at radius 2 is 2.11 bits per heavy atom. The molecule has 0 saturated heterocycles. The third kappa shape index (κ3) is 2.86. The highest BCUT2D eigenvalue weighted by Crippen LogP contribution is 2.41. The van der Waals surface area contributed by atoms with Crippen LogP contribution in [0.1, 0.15) is 36.8 Å². The van der Waals surface area contributed by atoms with Crippen molar-refractivity contribution in [3.05, 3.63) is 29.3 Å². The molecule has 0 aromatic heterocycles. The molecular formula is C14H19F3N2. The van der Waals surface area contributed by atoms with Crippen LogP contribution < -0.4 is 10.6 Å². The predicted octanol–water partition coefficient (Wildman–Crippen LogP) is 3.37. The molecule has 2 N–H and O–H groups in total. The smallest absolute Gasteiger partial charge is 0.371 e. The van der Waals surface area contributed by atoms with Crippen molar-refractivity contribution < 1.29 is 13.2 Å². The molecule has 0 fully saturated rings. The van der Waals surface area contributed by atoms with Gasteiger partial charge in [-0.2, -0.15) is 13.2 Å². The summed E-state index contributed by atoms with van der Waals surface area (Å²) in [5.41, 5.74) is 6.71. The fraction of sp³-hybridized carbons (Fsp3) is 0.571. The van der Waals surface area contributed by atoms with Gasteiger partial charge in [0.15, 0.2) is 0 Å². The van der Waals surface area contributed by atoms with Crippen LogP contribution in [0.5, 0.6) is 0 Å². The summed E-state index contributed by atoms with van der Waals surface area (Å²) in [6.07, 6.45) is -2.58. The van der Waals surface area contributed by atoms with Gasteiger partial charge in [0.2, 0.25) is 0 Å². The molecule has 0 amide bonds. The van der Waals surface area contributed by atoms with Crippen LogP contribution in [0, 0.1) is 0 Å². The highest BCUT2D eigenvalue weighted by molar-refractivity contribution is 5.61. The molecule has 1 aromatic rings. The summed E-state index contributed by atoms with van der Waals surface area (Å²) in [5.74, 6) is 0.167. The van der Waals surface area contributed by atoms with Crippen LogP contribution in [0.2, 0.25) is 0 Å². The van der Waals surface area contributed by atoms with Crippen LogP contribution in [-0.2, 0) is 6.18 Å². The number of nitrogens with two attached hydrogens (primary N) is 1. The number of halogens is 3. The quantitative estimate of drug-likeness (QED) is 0.910. The van der Waals surface area contributed by atoms with E-state index >= 15 is 0 Å². The van der Waals surface area contributed by atoms with Crippen molar-refractivity contribution in [3.8, 4) is 0 Å². The molecule has 1 aliphatic heterocycles. The number of fused-ring (bicyclic) bond motifs is 1. The minimum atomic E-state index is -4.27. The summed E-state index contributed by atoms with van der Waals surface area (Å²) in [4.78, 5) is 2.14. The van der Waals surface area contributed by atoms with E-state index in [2.05, 4.69) is 4.90 Å². The van der Waals surface area contributed by atoms with Crippen LogP contribution >= 0.6 is 0 Å². The summed E-state index contributed by atoms with van der Waals surface area (Å²) in [7, 11) is 0. The van der Waals surface area contributed by atoms with Gasteiger partial charge in [-0.15, -0.1) is 0 Å². The Hall–Kier alpha value is -1.23. The fourth-order valence-corrected chi connectivity index (χ4v) is 2.72. The lowest BCUT2D eigenvalue weighted by Crippen LogP contribution is -2.21. The van der Waals surface area contributed by atoms with Gasteiger partial charge < -0.3 is 10.6 Å². The molecule has 0 radical (unpaired) electrons. The predicted molar refractivity (Wildman–Crippen MR) is 70.4 cm³/mol. The normalized spacial score (nSPS) is 18.8. The van der Waals surface area contributed by atoms with Gasteiger partial charge in [-0.3, -0.25) is 0 Å². The van der Waals surface area contributed by atoms with E-state index in [1.807, 2.05) is 6.92 Å². The zero-order valence-corrected chi connectivity index (χ0v) is 11.0. The molecule has 1 aromatic carbocycles. The van der Waals surface area contributed by atoms with Crippen molar-refractivity contribution in [3.63, 3.8) is 0 Å². The van der Waals surface area contributed by atoms with Crippen LogP contribution in [0.15, 0.2) is 18.2 Å². The van der Waals surface area contributed by atoms with E-state index in [9.17, 15) is 13.2 Å². The maximum atomic E-state index is 12.8. The molecule has 5 heteroatoms. The van der Waals surface area contributed by atoms with Gasteiger partial charge in [-0.05, 0) is 50.1 Å². The maximum Gasteiger partial charge on any atom is 0.416 e. The number of hydrogen-bond acceptors (Lipinski definition) is 2. The third-order valence-corrected chi connectivity index (χ3v) is 3.71. The number of anilines is 1. The average molecular weight is 272 g/mol. The standard InChI is InChI=1S/C14H19F3N2/c1-2-19-9-10(4-3-7-18)12-8-11(14(15,16)17)5-6-13(12)19/h5-6,8,10H,2-4,7,9,18H2,1H3. The van der Waals surface area contributed by atoms with Gasteiger partial charge in [-0.1, -0.05) is 0 Å². The van der Waals surface area contributed by atoms with Gasteiger partial charge in [0, 0.05) is 24.7 Å². The van der Waals surface area contributed by atoms with E-state index in [1.165, 1.54) is 12.1 Å².